The smallest absolute Gasteiger partial charge is 0.347 e. The molecule has 0 unspecified atom stereocenters. The Balaban J connectivity index is 1.95. The zero-order valence-electron chi connectivity index (χ0n) is 13.7. The van der Waals surface area contributed by atoms with Crippen LogP contribution in [0.1, 0.15) is 11.5 Å². The highest BCUT2D eigenvalue weighted by Crippen LogP contribution is 2.30. The van der Waals surface area contributed by atoms with Crippen LogP contribution < -0.4 is 19.8 Å². The molecule has 0 N–H and O–H groups in total. The molecule has 6 heteroatoms. The molecule has 0 bridgehead atoms. The fourth-order valence-electron chi connectivity index (χ4n) is 2.36. The molecule has 0 amide bonds. The van der Waals surface area contributed by atoms with Crippen LogP contribution in [0.5, 0.6) is 17.2 Å². The molecule has 0 spiro atoms. The highest BCUT2D eigenvalue weighted by Gasteiger charge is 2.13. The number of fused-ring (bicyclic) bond motifs is 1. The van der Waals surface area contributed by atoms with Gasteiger partial charge in [0.2, 0.25) is 5.89 Å². The standard InChI is InChI=1S/C18H17NO5/c1-11-6-4-5-7-14(11)23-10-17-19-13-9-16(22-3)15(21-2)8-12(13)18(20)24-17/h4-9H,10H2,1-3H3. The summed E-state index contributed by atoms with van der Waals surface area (Å²) < 4.78 is 21.3. The average molecular weight is 327 g/mol. The summed E-state index contributed by atoms with van der Waals surface area (Å²) in [6, 6.07) is 10.8. The van der Waals surface area contributed by atoms with Crippen molar-refractivity contribution in [3.05, 3.63) is 58.3 Å². The lowest BCUT2D eigenvalue weighted by molar-refractivity contribution is 0.252. The molecule has 1 aromatic heterocycles. The summed E-state index contributed by atoms with van der Waals surface area (Å²) in [4.78, 5) is 16.5. The molecule has 0 aliphatic heterocycles. The zero-order valence-corrected chi connectivity index (χ0v) is 13.7. The predicted molar refractivity (Wildman–Crippen MR) is 88.9 cm³/mol. The molecule has 124 valence electrons. The van der Waals surface area contributed by atoms with Gasteiger partial charge in [0.05, 0.1) is 25.1 Å². The van der Waals surface area contributed by atoms with Gasteiger partial charge in [-0.15, -0.1) is 0 Å². The molecule has 0 aliphatic carbocycles. The second-order valence-electron chi connectivity index (χ2n) is 5.17. The van der Waals surface area contributed by atoms with E-state index in [2.05, 4.69) is 4.98 Å². The molecule has 24 heavy (non-hydrogen) atoms. The molecule has 0 radical (unpaired) electrons. The van der Waals surface area contributed by atoms with Gasteiger partial charge >= 0.3 is 5.63 Å². The SMILES string of the molecule is COc1cc2nc(COc3ccccc3C)oc(=O)c2cc1OC. The molecule has 0 saturated carbocycles. The molecular weight excluding hydrogens is 310 g/mol. The first-order chi connectivity index (χ1) is 11.6. The van der Waals surface area contributed by atoms with E-state index in [1.54, 1.807) is 12.1 Å². The molecule has 0 aliphatic rings. The summed E-state index contributed by atoms with van der Waals surface area (Å²) in [7, 11) is 3.03. The Morgan fingerprint density at radius 3 is 2.46 bits per heavy atom. The lowest BCUT2D eigenvalue weighted by Gasteiger charge is -2.10. The van der Waals surface area contributed by atoms with Gasteiger partial charge in [0, 0.05) is 12.1 Å². The second-order valence-corrected chi connectivity index (χ2v) is 5.17. The Hall–Kier alpha value is -3.02. The van der Waals surface area contributed by atoms with Gasteiger partial charge in [-0.1, -0.05) is 18.2 Å². The highest BCUT2D eigenvalue weighted by molar-refractivity contribution is 5.81. The van der Waals surface area contributed by atoms with Crippen LogP contribution in [0.4, 0.5) is 0 Å². The van der Waals surface area contributed by atoms with E-state index in [4.69, 9.17) is 18.6 Å². The van der Waals surface area contributed by atoms with E-state index in [1.165, 1.54) is 14.2 Å². The van der Waals surface area contributed by atoms with Crippen molar-refractivity contribution in [3.8, 4) is 17.2 Å². The van der Waals surface area contributed by atoms with Crippen LogP contribution >= 0.6 is 0 Å². The van der Waals surface area contributed by atoms with Gasteiger partial charge < -0.3 is 18.6 Å². The van der Waals surface area contributed by atoms with Gasteiger partial charge in [-0.05, 0) is 18.6 Å². The van der Waals surface area contributed by atoms with E-state index in [0.29, 0.717) is 28.2 Å². The summed E-state index contributed by atoms with van der Waals surface area (Å²) in [5.41, 5.74) is 0.962. The van der Waals surface area contributed by atoms with E-state index < -0.39 is 5.63 Å². The fourth-order valence-corrected chi connectivity index (χ4v) is 2.36. The number of methoxy groups -OCH3 is 2. The minimum Gasteiger partial charge on any atom is -0.493 e. The minimum atomic E-state index is -0.496. The quantitative estimate of drug-likeness (QED) is 0.717. The molecule has 2 aromatic carbocycles. The number of para-hydroxylation sites is 1. The molecule has 3 aromatic rings. The average Bonchev–Trinajstić information content (AvgIpc) is 2.60. The Kier molecular flexibility index (Phi) is 4.37. The molecule has 6 nitrogen and oxygen atoms in total. The van der Waals surface area contributed by atoms with Crippen LogP contribution in [0.3, 0.4) is 0 Å². The highest BCUT2D eigenvalue weighted by atomic mass is 16.5. The molecule has 0 fully saturated rings. The van der Waals surface area contributed by atoms with Crippen molar-refractivity contribution in [1.82, 2.24) is 4.98 Å². The summed E-state index contributed by atoms with van der Waals surface area (Å²) >= 11 is 0. The first-order valence-electron chi connectivity index (χ1n) is 7.36. The maximum atomic E-state index is 12.2. The van der Waals surface area contributed by atoms with Gasteiger partial charge in [0.1, 0.15) is 5.75 Å². The normalized spacial score (nSPS) is 10.6. The summed E-state index contributed by atoms with van der Waals surface area (Å²) in [6.07, 6.45) is 0. The predicted octanol–water partition coefficient (Wildman–Crippen LogP) is 3.09. The van der Waals surface area contributed by atoms with Gasteiger partial charge in [-0.3, -0.25) is 0 Å². The van der Waals surface area contributed by atoms with Crippen molar-refractivity contribution in [2.45, 2.75) is 13.5 Å². The number of rotatable bonds is 5. The van der Waals surface area contributed by atoms with Gasteiger partial charge in [-0.2, -0.15) is 0 Å². The number of nitrogens with zero attached hydrogens (tertiary/aromatic N) is 1. The third-order valence-corrected chi connectivity index (χ3v) is 3.62. The molecule has 3 rings (SSSR count). The monoisotopic (exact) mass is 327 g/mol. The molecule has 0 atom stereocenters. The van der Waals surface area contributed by atoms with Crippen molar-refractivity contribution in [1.29, 1.82) is 0 Å². The fraction of sp³-hybridized carbons (Fsp3) is 0.222. The summed E-state index contributed by atoms with van der Waals surface area (Å²) in [5, 5.41) is 0.326. The number of ether oxygens (including phenoxy) is 3. The van der Waals surface area contributed by atoms with Crippen molar-refractivity contribution in [2.24, 2.45) is 0 Å². The Labute approximate surface area is 138 Å². The number of aryl methyl sites for hydroxylation is 1. The maximum Gasteiger partial charge on any atom is 0.347 e. The largest absolute Gasteiger partial charge is 0.493 e. The van der Waals surface area contributed by atoms with E-state index in [-0.39, 0.29) is 12.5 Å². The lowest BCUT2D eigenvalue weighted by Crippen LogP contribution is -2.08. The second kappa shape index (κ2) is 6.62. The minimum absolute atomic E-state index is 0.0599. The van der Waals surface area contributed by atoms with Crippen LogP contribution in [0.15, 0.2) is 45.6 Å². The topological polar surface area (TPSA) is 70.8 Å². The first-order valence-corrected chi connectivity index (χ1v) is 7.36. The van der Waals surface area contributed by atoms with E-state index >= 15 is 0 Å². The lowest BCUT2D eigenvalue weighted by atomic mass is 10.2. The van der Waals surface area contributed by atoms with E-state index in [1.807, 2.05) is 31.2 Å². The first kappa shape index (κ1) is 15.9. The number of hydrogen-bond donors (Lipinski definition) is 0. The number of hydrogen-bond acceptors (Lipinski definition) is 6. The summed E-state index contributed by atoms with van der Waals surface area (Å²) in [6.45, 7) is 2.00. The molecular formula is C18H17NO5. The third kappa shape index (κ3) is 3.03. The van der Waals surface area contributed by atoms with Gasteiger partial charge in [-0.25, -0.2) is 9.78 Å². The summed E-state index contributed by atoms with van der Waals surface area (Å²) in [5.74, 6) is 1.86. The van der Waals surface area contributed by atoms with Crippen LogP contribution in [-0.4, -0.2) is 19.2 Å². The van der Waals surface area contributed by atoms with Crippen molar-refractivity contribution < 1.29 is 18.6 Å². The number of aromatic nitrogens is 1. The third-order valence-electron chi connectivity index (χ3n) is 3.62. The van der Waals surface area contributed by atoms with Gasteiger partial charge in [0.25, 0.3) is 0 Å². The molecule has 0 saturated heterocycles. The van der Waals surface area contributed by atoms with Crippen LogP contribution in [0.2, 0.25) is 0 Å². The zero-order chi connectivity index (χ0) is 17.1. The Bertz CT molecular complexity index is 932. The Morgan fingerprint density at radius 1 is 1.04 bits per heavy atom. The van der Waals surface area contributed by atoms with E-state index in [0.717, 1.165) is 5.56 Å². The maximum absolute atomic E-state index is 12.2. The van der Waals surface area contributed by atoms with Crippen LogP contribution in [-0.2, 0) is 6.61 Å². The van der Waals surface area contributed by atoms with Crippen molar-refractivity contribution >= 4 is 10.9 Å². The Morgan fingerprint density at radius 2 is 1.75 bits per heavy atom. The van der Waals surface area contributed by atoms with Crippen molar-refractivity contribution in [3.63, 3.8) is 0 Å². The molecule has 1 heterocycles. The van der Waals surface area contributed by atoms with Crippen LogP contribution in [0.25, 0.3) is 10.9 Å². The number of benzene rings is 2. The van der Waals surface area contributed by atoms with Crippen molar-refractivity contribution in [2.75, 3.05) is 14.2 Å². The van der Waals surface area contributed by atoms with Crippen LogP contribution in [0, 0.1) is 6.92 Å². The van der Waals surface area contributed by atoms with E-state index in [9.17, 15) is 4.79 Å². The van der Waals surface area contributed by atoms with Gasteiger partial charge in [0.15, 0.2) is 18.1 Å².